The maximum atomic E-state index is 14.0. The molecular formula is C27H25N7O2. The van der Waals surface area contributed by atoms with Crippen LogP contribution in [-0.2, 0) is 6.54 Å². The Kier molecular flexibility index (Phi) is 5.32. The number of H-pyrrole nitrogens is 1. The van der Waals surface area contributed by atoms with Gasteiger partial charge in [-0.15, -0.1) is 0 Å². The topological polar surface area (TPSA) is 110 Å². The van der Waals surface area contributed by atoms with E-state index in [9.17, 15) is 9.59 Å². The SMILES string of the molecule is CCN(Cc1nc2ccccc2c(=O)[nH]1)C(=O)c1cc(C2CC2)nc2c1c(C)nn2-c1ccccn1. The Bertz CT molecular complexity index is 1670. The van der Waals surface area contributed by atoms with Crippen LogP contribution in [0, 0.1) is 6.92 Å². The lowest BCUT2D eigenvalue weighted by Gasteiger charge is -2.21. The van der Waals surface area contributed by atoms with Gasteiger partial charge in [0.2, 0.25) is 0 Å². The summed E-state index contributed by atoms with van der Waals surface area (Å²) in [5.74, 6) is 1.30. The number of hydrogen-bond donors (Lipinski definition) is 1. The number of fused-ring (bicyclic) bond motifs is 2. The number of carbonyl (C=O) groups is 1. The highest BCUT2D eigenvalue weighted by molar-refractivity contribution is 6.06. The van der Waals surface area contributed by atoms with Crippen LogP contribution in [0.3, 0.4) is 0 Å². The highest BCUT2D eigenvalue weighted by atomic mass is 16.2. The first-order chi connectivity index (χ1) is 17.5. The van der Waals surface area contributed by atoms with E-state index in [-0.39, 0.29) is 18.0 Å². The van der Waals surface area contributed by atoms with Gasteiger partial charge in [0.15, 0.2) is 11.5 Å². The number of nitrogens with one attached hydrogen (secondary N) is 1. The number of pyridine rings is 2. The fraction of sp³-hybridized carbons (Fsp3) is 0.259. The molecule has 1 N–H and O–H groups in total. The van der Waals surface area contributed by atoms with Gasteiger partial charge in [0.1, 0.15) is 5.82 Å². The van der Waals surface area contributed by atoms with Crippen molar-refractivity contribution in [3.63, 3.8) is 0 Å². The summed E-state index contributed by atoms with van der Waals surface area (Å²) in [4.78, 5) is 45.0. The Morgan fingerprint density at radius 1 is 1.14 bits per heavy atom. The Labute approximate surface area is 206 Å². The van der Waals surface area contributed by atoms with Crippen molar-refractivity contribution < 1.29 is 4.79 Å². The van der Waals surface area contributed by atoms with E-state index in [4.69, 9.17) is 10.1 Å². The quantitative estimate of drug-likeness (QED) is 0.396. The second kappa shape index (κ2) is 8.67. The zero-order valence-corrected chi connectivity index (χ0v) is 20.1. The van der Waals surface area contributed by atoms with Crippen molar-refractivity contribution in [2.24, 2.45) is 0 Å². The van der Waals surface area contributed by atoms with Crippen LogP contribution in [0.4, 0.5) is 0 Å². The Morgan fingerprint density at radius 3 is 2.69 bits per heavy atom. The highest BCUT2D eigenvalue weighted by Gasteiger charge is 2.30. The third kappa shape index (κ3) is 3.82. The summed E-state index contributed by atoms with van der Waals surface area (Å²) in [5.41, 5.74) is 3.20. The van der Waals surface area contributed by atoms with Crippen molar-refractivity contribution in [2.45, 2.75) is 39.2 Å². The van der Waals surface area contributed by atoms with E-state index in [1.807, 2.05) is 44.2 Å². The number of nitrogens with zero attached hydrogens (tertiary/aromatic N) is 6. The molecule has 0 atom stereocenters. The summed E-state index contributed by atoms with van der Waals surface area (Å²) >= 11 is 0. The normalized spacial score (nSPS) is 13.4. The summed E-state index contributed by atoms with van der Waals surface area (Å²) in [6, 6.07) is 14.7. The van der Waals surface area contributed by atoms with Gasteiger partial charge in [-0.2, -0.15) is 9.78 Å². The van der Waals surface area contributed by atoms with E-state index >= 15 is 0 Å². The molecule has 1 aromatic carbocycles. The summed E-state index contributed by atoms with van der Waals surface area (Å²) in [6.07, 6.45) is 3.83. The van der Waals surface area contributed by atoms with Crippen LogP contribution >= 0.6 is 0 Å². The number of amides is 1. The monoisotopic (exact) mass is 479 g/mol. The second-order valence-electron chi connectivity index (χ2n) is 9.10. The van der Waals surface area contributed by atoms with E-state index in [1.54, 1.807) is 34.0 Å². The van der Waals surface area contributed by atoms with Crippen LogP contribution in [-0.4, -0.2) is 47.1 Å². The zero-order chi connectivity index (χ0) is 24.8. The first-order valence-corrected chi connectivity index (χ1v) is 12.1. The molecule has 0 bridgehead atoms. The third-order valence-corrected chi connectivity index (χ3v) is 6.60. The van der Waals surface area contributed by atoms with Crippen LogP contribution in [0.2, 0.25) is 0 Å². The molecule has 0 aliphatic heterocycles. The van der Waals surface area contributed by atoms with Gasteiger partial charge in [0.05, 0.1) is 34.1 Å². The van der Waals surface area contributed by atoms with Crippen molar-refractivity contribution >= 4 is 27.8 Å². The average Bonchev–Trinajstić information content (AvgIpc) is 3.70. The maximum absolute atomic E-state index is 14.0. The Morgan fingerprint density at radius 2 is 1.94 bits per heavy atom. The van der Waals surface area contributed by atoms with E-state index in [2.05, 4.69) is 15.0 Å². The lowest BCUT2D eigenvalue weighted by molar-refractivity contribution is 0.0750. The molecule has 1 fully saturated rings. The first kappa shape index (κ1) is 22.1. The number of aromatic amines is 1. The molecule has 0 spiro atoms. The minimum absolute atomic E-state index is 0.147. The molecule has 5 aromatic rings. The van der Waals surface area contributed by atoms with Gasteiger partial charge >= 0.3 is 0 Å². The summed E-state index contributed by atoms with van der Waals surface area (Å²) < 4.78 is 1.71. The predicted molar refractivity (Wildman–Crippen MR) is 136 cm³/mol. The Balaban J connectivity index is 1.44. The van der Waals surface area contributed by atoms with E-state index < -0.39 is 0 Å². The molecule has 1 amide bonds. The Hall–Kier alpha value is -4.40. The molecule has 0 unspecified atom stereocenters. The number of aryl methyl sites for hydroxylation is 1. The molecule has 6 rings (SSSR count). The van der Waals surface area contributed by atoms with E-state index in [0.29, 0.717) is 57.3 Å². The third-order valence-electron chi connectivity index (χ3n) is 6.60. The van der Waals surface area contributed by atoms with E-state index in [0.717, 1.165) is 18.5 Å². The summed E-state index contributed by atoms with van der Waals surface area (Å²) in [7, 11) is 0. The second-order valence-corrected chi connectivity index (χ2v) is 9.10. The molecule has 9 nitrogen and oxygen atoms in total. The van der Waals surface area contributed by atoms with Crippen LogP contribution in [0.25, 0.3) is 27.8 Å². The van der Waals surface area contributed by atoms with Crippen LogP contribution in [0.1, 0.15) is 53.3 Å². The molecule has 4 aromatic heterocycles. The van der Waals surface area contributed by atoms with Gasteiger partial charge in [-0.3, -0.25) is 9.59 Å². The van der Waals surface area contributed by atoms with Gasteiger partial charge < -0.3 is 9.88 Å². The number of aromatic nitrogens is 6. The van der Waals surface area contributed by atoms with Crippen LogP contribution in [0.15, 0.2) is 59.5 Å². The fourth-order valence-corrected chi connectivity index (χ4v) is 4.59. The van der Waals surface area contributed by atoms with Crippen LogP contribution in [0.5, 0.6) is 0 Å². The van der Waals surface area contributed by atoms with Crippen molar-refractivity contribution in [2.75, 3.05) is 6.54 Å². The maximum Gasteiger partial charge on any atom is 0.258 e. The first-order valence-electron chi connectivity index (χ1n) is 12.1. The largest absolute Gasteiger partial charge is 0.331 e. The van der Waals surface area contributed by atoms with Gasteiger partial charge in [0.25, 0.3) is 11.5 Å². The number of benzene rings is 1. The molecule has 0 saturated heterocycles. The molecule has 4 heterocycles. The molecule has 1 aliphatic rings. The predicted octanol–water partition coefficient (Wildman–Crippen LogP) is 3.90. The van der Waals surface area contributed by atoms with Gasteiger partial charge in [-0.25, -0.2) is 15.0 Å². The lowest BCUT2D eigenvalue weighted by Crippen LogP contribution is -2.32. The number of carbonyl (C=O) groups excluding carboxylic acids is 1. The smallest absolute Gasteiger partial charge is 0.258 e. The standard InChI is InChI=1S/C27H25N7O2/c1-3-33(15-22-29-20-9-5-4-8-18(20)26(35)31-22)27(36)19-14-21(17-11-12-17)30-25-24(19)16(2)32-34(25)23-10-6-7-13-28-23/h4-10,13-14,17H,3,11-12,15H2,1-2H3,(H,29,31,35). The van der Waals surface area contributed by atoms with Gasteiger partial charge in [-0.05, 0) is 57.0 Å². The number of hydrogen-bond acceptors (Lipinski definition) is 6. The van der Waals surface area contributed by atoms with Gasteiger partial charge in [-0.1, -0.05) is 18.2 Å². The fourth-order valence-electron chi connectivity index (χ4n) is 4.59. The van der Waals surface area contributed by atoms with Crippen molar-refractivity contribution in [3.8, 4) is 5.82 Å². The van der Waals surface area contributed by atoms with Gasteiger partial charge in [0, 0.05) is 24.4 Å². The zero-order valence-electron chi connectivity index (χ0n) is 20.1. The highest BCUT2D eigenvalue weighted by Crippen LogP contribution is 2.41. The molecule has 0 radical (unpaired) electrons. The van der Waals surface area contributed by atoms with Crippen molar-refractivity contribution in [3.05, 3.63) is 87.9 Å². The molecule has 9 heteroatoms. The van der Waals surface area contributed by atoms with Crippen LogP contribution < -0.4 is 5.56 Å². The summed E-state index contributed by atoms with van der Waals surface area (Å²) in [5, 5.41) is 5.94. The minimum Gasteiger partial charge on any atom is -0.331 e. The number of para-hydroxylation sites is 1. The van der Waals surface area contributed by atoms with Crippen molar-refractivity contribution in [1.82, 2.24) is 34.6 Å². The molecule has 36 heavy (non-hydrogen) atoms. The average molecular weight is 480 g/mol. The van der Waals surface area contributed by atoms with Crippen molar-refractivity contribution in [1.29, 1.82) is 0 Å². The van der Waals surface area contributed by atoms with E-state index in [1.165, 1.54) is 0 Å². The molecule has 1 saturated carbocycles. The lowest BCUT2D eigenvalue weighted by atomic mass is 10.1. The summed E-state index contributed by atoms with van der Waals surface area (Å²) in [6.45, 7) is 4.44. The molecule has 180 valence electrons. The minimum atomic E-state index is -0.214. The molecule has 1 aliphatic carbocycles. The molecular weight excluding hydrogens is 454 g/mol. The number of rotatable bonds is 6.